The van der Waals surface area contributed by atoms with Crippen molar-refractivity contribution in [3.63, 3.8) is 0 Å². The van der Waals surface area contributed by atoms with Crippen LogP contribution < -0.4 is 34.3 Å². The van der Waals surface area contributed by atoms with Crippen molar-refractivity contribution in [1.82, 2.24) is 4.57 Å². The number of carbonyl (C=O) groups excluding carboxylic acids is 1. The molecular formula is C19H17Cl3NNaO3. The Balaban J connectivity index is 0.00000196. The molecule has 8 heteroatoms. The Morgan fingerprint density at radius 3 is 2.48 bits per heavy atom. The Morgan fingerprint density at radius 2 is 1.85 bits per heavy atom. The number of ether oxygens (including phenoxy) is 2. The Bertz CT molecular complexity index is 994. The summed E-state index contributed by atoms with van der Waals surface area (Å²) in [6.07, 6.45) is 0. The molecule has 0 saturated heterocycles. The first kappa shape index (κ1) is 22.4. The average molecular weight is 437 g/mol. The number of hydrogen-bond acceptors (Lipinski definition) is 3. The molecule has 27 heavy (non-hydrogen) atoms. The van der Waals surface area contributed by atoms with Crippen molar-refractivity contribution in [1.29, 1.82) is 0 Å². The van der Waals surface area contributed by atoms with Crippen LogP contribution >= 0.6 is 34.8 Å². The Labute approximate surface area is 196 Å². The molecule has 3 aromatic rings. The first-order valence-electron chi connectivity index (χ1n) is 7.93. The van der Waals surface area contributed by atoms with Gasteiger partial charge in [0.25, 0.3) is 0 Å². The summed E-state index contributed by atoms with van der Waals surface area (Å²) in [4.78, 5) is 12.4. The molecule has 0 N–H and O–H groups in total. The van der Waals surface area contributed by atoms with Crippen molar-refractivity contribution in [2.45, 2.75) is 13.5 Å². The molecule has 0 atom stereocenters. The number of fused-ring (bicyclic) bond motifs is 1. The van der Waals surface area contributed by atoms with Crippen LogP contribution in [-0.4, -0.2) is 24.3 Å². The van der Waals surface area contributed by atoms with Crippen LogP contribution in [0.2, 0.25) is 15.1 Å². The minimum absolute atomic E-state index is 0. The molecule has 4 nitrogen and oxygen atoms in total. The van der Waals surface area contributed by atoms with E-state index in [0.717, 1.165) is 11.1 Å². The van der Waals surface area contributed by atoms with Gasteiger partial charge in [0.05, 0.1) is 34.3 Å². The first-order valence-corrected chi connectivity index (χ1v) is 9.06. The van der Waals surface area contributed by atoms with Crippen molar-refractivity contribution in [3.05, 3.63) is 62.7 Å². The van der Waals surface area contributed by atoms with Gasteiger partial charge >= 0.3 is 35.5 Å². The van der Waals surface area contributed by atoms with E-state index in [1.54, 1.807) is 38.3 Å². The first-order chi connectivity index (χ1) is 12.5. The maximum absolute atomic E-state index is 12.4. The number of methoxy groups -OCH3 is 1. The minimum atomic E-state index is -0.418. The van der Waals surface area contributed by atoms with Gasteiger partial charge < -0.3 is 15.5 Å². The maximum Gasteiger partial charge on any atom is 1.00 e. The number of aromatic nitrogens is 1. The summed E-state index contributed by atoms with van der Waals surface area (Å²) in [6.45, 7) is 2.46. The van der Waals surface area contributed by atoms with E-state index >= 15 is 0 Å². The fourth-order valence-corrected chi connectivity index (χ4v) is 3.41. The number of halogens is 3. The molecule has 0 amide bonds. The largest absolute Gasteiger partial charge is 1.00 e. The third-order valence-corrected chi connectivity index (χ3v) is 5.14. The van der Waals surface area contributed by atoms with Gasteiger partial charge in [-0.25, -0.2) is 4.79 Å². The standard InChI is InChI=1S/C19H16Cl3NO3.Na.H/c1-3-26-19(24)16-9-12-15(6-7-17(25-2)18(12)22)23(16)10-11-4-5-13(20)14(21)8-11;;/h4-9H,3,10H2,1-2H3;;/q;+1;-1. The van der Waals surface area contributed by atoms with Gasteiger partial charge in [0.15, 0.2) is 0 Å². The molecule has 0 spiro atoms. The third-order valence-electron chi connectivity index (χ3n) is 4.01. The summed E-state index contributed by atoms with van der Waals surface area (Å²) in [5.41, 5.74) is 2.10. The van der Waals surface area contributed by atoms with Crippen LogP contribution in [0.1, 0.15) is 24.4 Å². The van der Waals surface area contributed by atoms with E-state index in [2.05, 4.69) is 0 Å². The van der Waals surface area contributed by atoms with E-state index in [-0.39, 0.29) is 37.6 Å². The monoisotopic (exact) mass is 435 g/mol. The summed E-state index contributed by atoms with van der Waals surface area (Å²) >= 11 is 18.5. The molecule has 0 aliphatic carbocycles. The maximum atomic E-state index is 12.4. The van der Waals surface area contributed by atoms with Crippen molar-refractivity contribution in [3.8, 4) is 5.75 Å². The zero-order chi connectivity index (χ0) is 18.8. The molecule has 0 bridgehead atoms. The Morgan fingerprint density at radius 1 is 1.11 bits per heavy atom. The van der Waals surface area contributed by atoms with Crippen molar-refractivity contribution in [2.75, 3.05) is 13.7 Å². The van der Waals surface area contributed by atoms with Crippen molar-refractivity contribution in [2.24, 2.45) is 0 Å². The second-order valence-corrected chi connectivity index (χ2v) is 6.79. The van der Waals surface area contributed by atoms with Crippen molar-refractivity contribution < 1.29 is 45.3 Å². The van der Waals surface area contributed by atoms with E-state index in [1.165, 1.54) is 0 Å². The average Bonchev–Trinajstić information content (AvgIpc) is 2.98. The van der Waals surface area contributed by atoms with Gasteiger partial charge in [-0.1, -0.05) is 40.9 Å². The van der Waals surface area contributed by atoms with Crippen LogP contribution in [0.4, 0.5) is 0 Å². The van der Waals surface area contributed by atoms with Crippen molar-refractivity contribution >= 4 is 51.7 Å². The number of benzene rings is 2. The molecule has 1 heterocycles. The van der Waals surface area contributed by atoms with Gasteiger partial charge in [-0.15, -0.1) is 0 Å². The summed E-state index contributed by atoms with van der Waals surface area (Å²) in [5.74, 6) is 0.125. The van der Waals surface area contributed by atoms with E-state index in [0.29, 0.717) is 38.4 Å². The minimum Gasteiger partial charge on any atom is -1.00 e. The van der Waals surface area contributed by atoms with E-state index in [4.69, 9.17) is 44.3 Å². The number of esters is 1. The summed E-state index contributed by atoms with van der Waals surface area (Å²) < 4.78 is 12.3. The smallest absolute Gasteiger partial charge is 1.00 e. The quantitative estimate of drug-likeness (QED) is 0.456. The zero-order valence-corrected chi connectivity index (χ0v) is 19.5. The second kappa shape index (κ2) is 9.55. The molecule has 1 aromatic heterocycles. The van der Waals surface area contributed by atoms with Crippen LogP contribution in [0.5, 0.6) is 5.75 Å². The molecule has 0 fully saturated rings. The SMILES string of the molecule is CCOC(=O)c1cc2c(Cl)c(OC)ccc2n1Cc1ccc(Cl)c(Cl)c1.[H-].[Na+]. The van der Waals surface area contributed by atoms with Crippen LogP contribution in [-0.2, 0) is 11.3 Å². The summed E-state index contributed by atoms with van der Waals surface area (Å²) in [5, 5.41) is 2.10. The van der Waals surface area contributed by atoms with Gasteiger partial charge in [0.1, 0.15) is 11.4 Å². The molecule has 138 valence electrons. The Kier molecular flexibility index (Phi) is 7.93. The molecule has 0 radical (unpaired) electrons. The molecule has 3 rings (SSSR count). The topological polar surface area (TPSA) is 40.5 Å². The molecular weight excluding hydrogens is 420 g/mol. The third kappa shape index (κ3) is 4.58. The number of hydrogen-bond donors (Lipinski definition) is 0. The van der Waals surface area contributed by atoms with Crippen LogP contribution in [0.25, 0.3) is 10.9 Å². The fraction of sp³-hybridized carbons (Fsp3) is 0.211. The van der Waals surface area contributed by atoms with Gasteiger partial charge in [-0.3, -0.25) is 0 Å². The van der Waals surface area contributed by atoms with Gasteiger partial charge in [-0.2, -0.15) is 0 Å². The predicted octanol–water partition coefficient (Wildman–Crippen LogP) is 2.95. The fourth-order valence-electron chi connectivity index (χ4n) is 2.80. The molecule has 2 aromatic carbocycles. The summed E-state index contributed by atoms with van der Waals surface area (Å²) in [6, 6.07) is 10.7. The molecule has 0 unspecified atom stereocenters. The van der Waals surface area contributed by atoms with Gasteiger partial charge in [0, 0.05) is 11.9 Å². The normalized spacial score (nSPS) is 10.6. The summed E-state index contributed by atoms with van der Waals surface area (Å²) in [7, 11) is 1.55. The van der Waals surface area contributed by atoms with Crippen LogP contribution in [0, 0.1) is 0 Å². The van der Waals surface area contributed by atoms with Gasteiger partial charge in [-0.05, 0) is 42.8 Å². The van der Waals surface area contributed by atoms with Crippen LogP contribution in [0.15, 0.2) is 36.4 Å². The van der Waals surface area contributed by atoms with E-state index in [1.807, 2.05) is 16.7 Å². The zero-order valence-electron chi connectivity index (χ0n) is 16.2. The second-order valence-electron chi connectivity index (χ2n) is 5.60. The molecule has 0 aliphatic rings. The van der Waals surface area contributed by atoms with E-state index < -0.39 is 5.97 Å². The van der Waals surface area contributed by atoms with Crippen LogP contribution in [0.3, 0.4) is 0 Å². The number of nitrogens with zero attached hydrogens (tertiary/aromatic N) is 1. The molecule has 0 saturated carbocycles. The van der Waals surface area contributed by atoms with E-state index in [9.17, 15) is 4.79 Å². The Hall–Kier alpha value is -0.880. The number of rotatable bonds is 5. The molecule has 0 aliphatic heterocycles. The number of carbonyl (C=O) groups is 1. The predicted molar refractivity (Wildman–Crippen MR) is 106 cm³/mol. The van der Waals surface area contributed by atoms with Gasteiger partial charge in [0.2, 0.25) is 0 Å².